The Morgan fingerprint density at radius 2 is 1.58 bits per heavy atom. The Morgan fingerprint density at radius 3 is 2.39 bits per heavy atom. The van der Waals surface area contributed by atoms with Crippen LogP contribution in [0.4, 0.5) is 4.79 Å². The Balaban J connectivity index is 1.38. The van der Waals surface area contributed by atoms with Crippen LogP contribution in [-0.4, -0.2) is 15.7 Å². The van der Waals surface area contributed by atoms with Crippen LogP contribution in [0, 0.1) is 0 Å². The number of thioether (sulfide) groups is 1. The van der Waals surface area contributed by atoms with Crippen molar-refractivity contribution >= 4 is 50.7 Å². The van der Waals surface area contributed by atoms with E-state index in [1.165, 1.54) is 10.8 Å². The lowest BCUT2D eigenvalue weighted by molar-refractivity contribution is -0.115. The second kappa shape index (κ2) is 9.40. The highest BCUT2D eigenvalue weighted by molar-refractivity contribution is 8.18. The summed E-state index contributed by atoms with van der Waals surface area (Å²) < 4.78 is 8.21. The molecule has 1 aliphatic heterocycles. The highest BCUT2D eigenvalue weighted by Gasteiger charge is 2.25. The van der Waals surface area contributed by atoms with Gasteiger partial charge in [-0.2, -0.15) is 0 Å². The van der Waals surface area contributed by atoms with Gasteiger partial charge in [0.05, 0.1) is 4.91 Å². The van der Waals surface area contributed by atoms with E-state index in [1.54, 1.807) is 6.08 Å². The zero-order chi connectivity index (χ0) is 24.5. The van der Waals surface area contributed by atoms with E-state index in [-0.39, 0.29) is 11.1 Å². The zero-order valence-electron chi connectivity index (χ0n) is 19.3. The summed E-state index contributed by atoms with van der Waals surface area (Å²) in [4.78, 5) is 24.4. The molecule has 1 fully saturated rings. The molecule has 0 saturated carbocycles. The van der Waals surface area contributed by atoms with E-state index >= 15 is 0 Å². The van der Waals surface area contributed by atoms with E-state index in [4.69, 9.17) is 4.74 Å². The van der Waals surface area contributed by atoms with Crippen LogP contribution in [0.2, 0.25) is 0 Å². The van der Waals surface area contributed by atoms with Gasteiger partial charge in [0.25, 0.3) is 11.1 Å². The third-order valence-corrected chi connectivity index (χ3v) is 7.04. The Bertz CT molecular complexity index is 1650. The SMILES string of the molecule is O=C1NC(=O)/C(=C\c2cc3cc(OCc4ccccc4)ccc3n2Cc2ccc3ccccc3c2)S1. The van der Waals surface area contributed by atoms with Crippen molar-refractivity contribution in [1.82, 2.24) is 9.88 Å². The molecule has 6 heteroatoms. The molecule has 36 heavy (non-hydrogen) atoms. The Hall–Kier alpha value is -4.29. The minimum atomic E-state index is -0.362. The fourth-order valence-corrected chi connectivity index (χ4v) is 5.14. The van der Waals surface area contributed by atoms with Gasteiger partial charge in [0.2, 0.25) is 0 Å². The van der Waals surface area contributed by atoms with Crippen molar-refractivity contribution in [2.75, 3.05) is 0 Å². The molecule has 0 spiro atoms. The summed E-state index contributed by atoms with van der Waals surface area (Å²) in [6.45, 7) is 1.11. The van der Waals surface area contributed by atoms with Crippen molar-refractivity contribution in [1.29, 1.82) is 0 Å². The van der Waals surface area contributed by atoms with Crippen LogP contribution in [0.5, 0.6) is 5.75 Å². The molecule has 1 aliphatic rings. The minimum Gasteiger partial charge on any atom is -0.489 e. The fourth-order valence-electron chi connectivity index (χ4n) is 4.47. The van der Waals surface area contributed by atoms with Crippen molar-refractivity contribution in [2.45, 2.75) is 13.2 Å². The van der Waals surface area contributed by atoms with Crippen LogP contribution < -0.4 is 10.1 Å². The number of hydrogen-bond donors (Lipinski definition) is 1. The lowest BCUT2D eigenvalue weighted by Gasteiger charge is -2.11. The van der Waals surface area contributed by atoms with E-state index in [9.17, 15) is 9.59 Å². The topological polar surface area (TPSA) is 60.3 Å². The number of nitrogens with zero attached hydrogens (tertiary/aromatic N) is 1. The first-order valence-corrected chi connectivity index (χ1v) is 12.5. The van der Waals surface area contributed by atoms with Crippen LogP contribution in [-0.2, 0) is 17.9 Å². The largest absolute Gasteiger partial charge is 0.489 e. The molecule has 1 saturated heterocycles. The summed E-state index contributed by atoms with van der Waals surface area (Å²) in [5.74, 6) is 0.413. The summed E-state index contributed by atoms with van der Waals surface area (Å²) in [5.41, 5.74) is 4.13. The normalized spacial score (nSPS) is 14.6. The first kappa shape index (κ1) is 22.2. The van der Waals surface area contributed by atoms with Gasteiger partial charge in [0, 0.05) is 23.1 Å². The number of imide groups is 1. The quantitative estimate of drug-likeness (QED) is 0.268. The predicted molar refractivity (Wildman–Crippen MR) is 145 cm³/mol. The smallest absolute Gasteiger partial charge is 0.290 e. The number of fused-ring (bicyclic) bond motifs is 2. The third kappa shape index (κ3) is 4.51. The van der Waals surface area contributed by atoms with Crippen molar-refractivity contribution in [3.63, 3.8) is 0 Å². The molecule has 5 aromatic rings. The van der Waals surface area contributed by atoms with Gasteiger partial charge in [-0.3, -0.25) is 14.9 Å². The second-order valence-corrected chi connectivity index (χ2v) is 9.70. The van der Waals surface area contributed by atoms with Crippen molar-refractivity contribution in [3.8, 4) is 5.75 Å². The van der Waals surface area contributed by atoms with Gasteiger partial charge in [-0.15, -0.1) is 0 Å². The fraction of sp³-hybridized carbons (Fsp3) is 0.0667. The lowest BCUT2D eigenvalue weighted by Crippen LogP contribution is -2.17. The Labute approximate surface area is 212 Å². The highest BCUT2D eigenvalue weighted by Crippen LogP contribution is 2.31. The average molecular weight is 491 g/mol. The van der Waals surface area contributed by atoms with Crippen LogP contribution in [0.15, 0.2) is 102 Å². The van der Waals surface area contributed by atoms with Gasteiger partial charge in [0.15, 0.2) is 0 Å². The van der Waals surface area contributed by atoms with E-state index in [0.29, 0.717) is 18.1 Å². The Kier molecular flexibility index (Phi) is 5.79. The van der Waals surface area contributed by atoms with Crippen molar-refractivity contribution in [3.05, 3.63) is 119 Å². The molecule has 2 amide bonds. The molecule has 1 N–H and O–H groups in total. The summed E-state index contributed by atoms with van der Waals surface area (Å²) in [5, 5.41) is 5.37. The second-order valence-electron chi connectivity index (χ2n) is 8.68. The average Bonchev–Trinajstić information content (AvgIpc) is 3.40. The first-order chi connectivity index (χ1) is 17.6. The molecular weight excluding hydrogens is 468 g/mol. The number of hydrogen-bond acceptors (Lipinski definition) is 4. The number of amides is 2. The highest BCUT2D eigenvalue weighted by atomic mass is 32.2. The van der Waals surface area contributed by atoms with Gasteiger partial charge >= 0.3 is 0 Å². The Morgan fingerprint density at radius 1 is 0.778 bits per heavy atom. The maximum absolute atomic E-state index is 12.2. The molecule has 0 radical (unpaired) electrons. The number of aromatic nitrogens is 1. The number of rotatable bonds is 6. The van der Waals surface area contributed by atoms with Crippen LogP contribution in [0.25, 0.3) is 27.8 Å². The van der Waals surface area contributed by atoms with Crippen LogP contribution in [0.3, 0.4) is 0 Å². The van der Waals surface area contributed by atoms with Crippen LogP contribution in [0.1, 0.15) is 16.8 Å². The molecule has 0 unspecified atom stereocenters. The monoisotopic (exact) mass is 490 g/mol. The van der Waals surface area contributed by atoms with Crippen molar-refractivity contribution < 1.29 is 14.3 Å². The van der Waals surface area contributed by atoms with E-state index in [0.717, 1.165) is 45.2 Å². The summed E-state index contributed by atoms with van der Waals surface area (Å²) in [7, 11) is 0. The minimum absolute atomic E-state index is 0.347. The molecular formula is C30H22N2O3S. The number of carbonyl (C=O) groups is 2. The number of ether oxygens (including phenoxy) is 1. The maximum atomic E-state index is 12.2. The first-order valence-electron chi connectivity index (χ1n) is 11.6. The maximum Gasteiger partial charge on any atom is 0.290 e. The van der Waals surface area contributed by atoms with Gasteiger partial charge in [0.1, 0.15) is 12.4 Å². The van der Waals surface area contributed by atoms with Gasteiger partial charge in [-0.1, -0.05) is 66.7 Å². The van der Waals surface area contributed by atoms with Crippen molar-refractivity contribution in [2.24, 2.45) is 0 Å². The zero-order valence-corrected chi connectivity index (χ0v) is 20.1. The van der Waals surface area contributed by atoms with Gasteiger partial charge in [-0.25, -0.2) is 0 Å². The van der Waals surface area contributed by atoms with Gasteiger partial charge < -0.3 is 9.30 Å². The van der Waals surface area contributed by atoms with Gasteiger partial charge in [-0.05, 0) is 70.1 Å². The molecule has 176 valence electrons. The van der Waals surface area contributed by atoms with E-state index < -0.39 is 0 Å². The predicted octanol–water partition coefficient (Wildman–Crippen LogP) is 6.75. The van der Waals surface area contributed by atoms with E-state index in [1.807, 2.05) is 66.7 Å². The molecule has 4 aromatic carbocycles. The molecule has 2 heterocycles. The molecule has 5 nitrogen and oxygen atoms in total. The molecule has 0 bridgehead atoms. The van der Waals surface area contributed by atoms with Crippen LogP contribution >= 0.6 is 11.8 Å². The molecule has 6 rings (SSSR count). The molecule has 0 atom stereocenters. The standard InChI is InChI=1S/C30H22N2O3S/c33-29-28(36-30(34)31-29)17-25-15-24-16-26(35-19-20-6-2-1-3-7-20)12-13-27(24)32(25)18-21-10-11-22-8-4-5-9-23(22)14-21/h1-17H,18-19H2,(H,31,33,34)/b28-17+. The number of benzene rings is 4. The summed E-state index contributed by atoms with van der Waals surface area (Å²) in [6.07, 6.45) is 1.79. The third-order valence-electron chi connectivity index (χ3n) is 6.23. The summed E-state index contributed by atoms with van der Waals surface area (Å²) in [6, 6.07) is 32.9. The molecule has 1 aromatic heterocycles. The van der Waals surface area contributed by atoms with E-state index in [2.05, 4.69) is 40.2 Å². The summed E-state index contributed by atoms with van der Waals surface area (Å²) >= 11 is 0.928. The number of carbonyl (C=O) groups excluding carboxylic acids is 2. The lowest BCUT2D eigenvalue weighted by atomic mass is 10.1. The molecule has 0 aliphatic carbocycles. The number of nitrogens with one attached hydrogen (secondary N) is 1.